The highest BCUT2D eigenvalue weighted by Crippen LogP contribution is 2.40. The number of rotatable bonds is 5. The molecule has 34 heavy (non-hydrogen) atoms. The third kappa shape index (κ3) is 5.12. The molecule has 1 heterocycles. The maximum atomic E-state index is 13.8. The van der Waals surface area contributed by atoms with Crippen molar-refractivity contribution in [2.24, 2.45) is 0 Å². The molecule has 0 saturated heterocycles. The van der Waals surface area contributed by atoms with Crippen molar-refractivity contribution in [3.8, 4) is 34.9 Å². The molecule has 0 spiro atoms. The SMILES string of the molecule is N#Cc1ccc(Nc2nccc(Oc3ccc(-c4ccc(C#N)cc4)c(C(F)(F)F)c3)n2)cc1. The zero-order chi connectivity index (χ0) is 24.1. The third-order valence-corrected chi connectivity index (χ3v) is 4.74. The number of benzene rings is 3. The first-order valence-electron chi connectivity index (χ1n) is 9.85. The largest absolute Gasteiger partial charge is 0.439 e. The maximum Gasteiger partial charge on any atom is 0.417 e. The van der Waals surface area contributed by atoms with Crippen molar-refractivity contribution in [2.75, 3.05) is 5.32 Å². The van der Waals surface area contributed by atoms with E-state index in [2.05, 4.69) is 15.3 Å². The van der Waals surface area contributed by atoms with Crippen LogP contribution in [0.25, 0.3) is 11.1 Å². The van der Waals surface area contributed by atoms with E-state index in [0.717, 1.165) is 6.07 Å². The fraction of sp³-hybridized carbons (Fsp3) is 0.0400. The number of hydrogen-bond donors (Lipinski definition) is 1. The molecule has 0 aliphatic heterocycles. The van der Waals surface area contributed by atoms with Crippen LogP contribution in [-0.2, 0) is 6.18 Å². The van der Waals surface area contributed by atoms with Crippen LogP contribution < -0.4 is 10.1 Å². The van der Waals surface area contributed by atoms with E-state index >= 15 is 0 Å². The average Bonchev–Trinajstić information content (AvgIpc) is 2.84. The number of alkyl halides is 3. The summed E-state index contributed by atoms with van der Waals surface area (Å²) in [5.41, 5.74) is 0.894. The summed E-state index contributed by atoms with van der Waals surface area (Å²) >= 11 is 0. The molecule has 0 saturated carbocycles. The van der Waals surface area contributed by atoms with E-state index in [0.29, 0.717) is 22.4 Å². The van der Waals surface area contributed by atoms with Crippen molar-refractivity contribution in [1.29, 1.82) is 10.5 Å². The molecular formula is C25H14F3N5O. The molecule has 0 aliphatic carbocycles. The van der Waals surface area contributed by atoms with E-state index in [9.17, 15) is 13.2 Å². The number of nitriles is 2. The molecule has 4 aromatic rings. The first-order valence-corrected chi connectivity index (χ1v) is 9.85. The van der Waals surface area contributed by atoms with Gasteiger partial charge in [-0.25, -0.2) is 4.98 Å². The van der Waals surface area contributed by atoms with Crippen molar-refractivity contribution in [3.63, 3.8) is 0 Å². The molecule has 1 aromatic heterocycles. The number of nitrogens with one attached hydrogen (secondary N) is 1. The van der Waals surface area contributed by atoms with Crippen LogP contribution >= 0.6 is 0 Å². The van der Waals surface area contributed by atoms with Crippen LogP contribution in [0.2, 0.25) is 0 Å². The second-order valence-electron chi connectivity index (χ2n) is 7.03. The minimum absolute atomic E-state index is 0.0322. The molecule has 3 aromatic carbocycles. The van der Waals surface area contributed by atoms with Gasteiger partial charge in [-0.2, -0.15) is 28.7 Å². The summed E-state index contributed by atoms with van der Waals surface area (Å²) in [5.74, 6) is 0.172. The minimum Gasteiger partial charge on any atom is -0.439 e. The van der Waals surface area contributed by atoms with Crippen LogP contribution in [0.4, 0.5) is 24.8 Å². The normalized spacial score (nSPS) is 10.7. The number of ether oxygens (including phenoxy) is 1. The van der Waals surface area contributed by atoms with Crippen LogP contribution in [0.1, 0.15) is 16.7 Å². The average molecular weight is 457 g/mol. The lowest BCUT2D eigenvalue weighted by molar-refractivity contribution is -0.137. The van der Waals surface area contributed by atoms with E-state index in [1.165, 1.54) is 48.7 Å². The van der Waals surface area contributed by atoms with E-state index in [4.69, 9.17) is 15.3 Å². The predicted molar refractivity (Wildman–Crippen MR) is 118 cm³/mol. The molecule has 0 amide bonds. The molecule has 0 radical (unpaired) electrons. The van der Waals surface area contributed by atoms with E-state index in [1.807, 2.05) is 12.1 Å². The fourth-order valence-corrected chi connectivity index (χ4v) is 3.13. The lowest BCUT2D eigenvalue weighted by Crippen LogP contribution is -2.07. The molecule has 0 fully saturated rings. The van der Waals surface area contributed by atoms with Crippen LogP contribution in [0.5, 0.6) is 11.6 Å². The van der Waals surface area contributed by atoms with Gasteiger partial charge in [-0.1, -0.05) is 18.2 Å². The molecule has 6 nitrogen and oxygen atoms in total. The van der Waals surface area contributed by atoms with Gasteiger partial charge in [0.15, 0.2) is 0 Å². The summed E-state index contributed by atoms with van der Waals surface area (Å²) in [4.78, 5) is 8.25. The van der Waals surface area contributed by atoms with E-state index < -0.39 is 11.7 Å². The highest BCUT2D eigenvalue weighted by Gasteiger charge is 2.34. The van der Waals surface area contributed by atoms with E-state index in [-0.39, 0.29) is 23.1 Å². The van der Waals surface area contributed by atoms with Gasteiger partial charge in [0.25, 0.3) is 0 Å². The Morgan fingerprint density at radius 1 is 0.824 bits per heavy atom. The molecule has 1 N–H and O–H groups in total. The zero-order valence-electron chi connectivity index (χ0n) is 17.3. The molecule has 4 rings (SSSR count). The summed E-state index contributed by atoms with van der Waals surface area (Å²) in [6.45, 7) is 0. The zero-order valence-corrected chi connectivity index (χ0v) is 17.3. The number of halogens is 3. The molecule has 0 unspecified atom stereocenters. The standard InChI is InChI=1S/C25H14F3N5O/c26-25(27,28)22-13-20(9-10-21(22)18-5-1-16(14-29)2-6-18)34-23-11-12-31-24(33-23)32-19-7-3-17(15-30)4-8-19/h1-13H,(H,31,32,33). The molecule has 0 bridgehead atoms. The van der Waals surface area contributed by atoms with Crippen LogP contribution in [0.15, 0.2) is 79.0 Å². The van der Waals surface area contributed by atoms with Crippen molar-refractivity contribution in [3.05, 3.63) is 95.7 Å². The van der Waals surface area contributed by atoms with Gasteiger partial charge in [-0.15, -0.1) is 0 Å². The van der Waals surface area contributed by atoms with Crippen molar-refractivity contribution >= 4 is 11.6 Å². The van der Waals surface area contributed by atoms with Gasteiger partial charge >= 0.3 is 6.18 Å². The summed E-state index contributed by atoms with van der Waals surface area (Å²) in [6.07, 6.45) is -3.22. The highest BCUT2D eigenvalue weighted by molar-refractivity contribution is 5.70. The topological polar surface area (TPSA) is 94.6 Å². The Morgan fingerprint density at radius 3 is 2.09 bits per heavy atom. The Kier molecular flexibility index (Phi) is 6.11. The number of hydrogen-bond acceptors (Lipinski definition) is 6. The van der Waals surface area contributed by atoms with Crippen molar-refractivity contribution in [1.82, 2.24) is 9.97 Å². The van der Waals surface area contributed by atoms with Gasteiger partial charge in [0.1, 0.15) is 5.75 Å². The Hall–Kier alpha value is -4.89. The van der Waals surface area contributed by atoms with Crippen molar-refractivity contribution in [2.45, 2.75) is 6.18 Å². The smallest absolute Gasteiger partial charge is 0.417 e. The monoisotopic (exact) mass is 457 g/mol. The lowest BCUT2D eigenvalue weighted by Gasteiger charge is -2.15. The Bertz CT molecular complexity index is 1400. The van der Waals surface area contributed by atoms with Gasteiger partial charge in [0.05, 0.1) is 28.8 Å². The van der Waals surface area contributed by atoms with Crippen LogP contribution in [-0.4, -0.2) is 9.97 Å². The second kappa shape index (κ2) is 9.31. The van der Waals surface area contributed by atoms with Gasteiger partial charge in [0.2, 0.25) is 11.8 Å². The number of aromatic nitrogens is 2. The lowest BCUT2D eigenvalue weighted by atomic mass is 9.98. The Labute approximate surface area is 192 Å². The summed E-state index contributed by atoms with van der Waals surface area (Å²) in [7, 11) is 0. The first kappa shape index (κ1) is 22.3. The van der Waals surface area contributed by atoms with Crippen LogP contribution in [0, 0.1) is 22.7 Å². The number of nitrogens with zero attached hydrogens (tertiary/aromatic N) is 4. The predicted octanol–water partition coefficient (Wildman–Crippen LogP) is 6.44. The fourth-order valence-electron chi connectivity index (χ4n) is 3.13. The van der Waals surface area contributed by atoms with Gasteiger partial charge in [-0.3, -0.25) is 0 Å². The highest BCUT2D eigenvalue weighted by atomic mass is 19.4. The minimum atomic E-state index is -4.63. The first-order chi connectivity index (χ1) is 16.4. The van der Waals surface area contributed by atoms with Gasteiger partial charge in [-0.05, 0) is 59.7 Å². The Morgan fingerprint density at radius 2 is 1.47 bits per heavy atom. The molecule has 0 atom stereocenters. The Balaban J connectivity index is 1.59. The molecule has 0 aliphatic rings. The number of anilines is 2. The summed E-state index contributed by atoms with van der Waals surface area (Å²) in [6, 6.07) is 21.5. The molecular weight excluding hydrogens is 443 g/mol. The quantitative estimate of drug-likeness (QED) is 0.371. The van der Waals surface area contributed by atoms with Gasteiger partial charge < -0.3 is 10.1 Å². The van der Waals surface area contributed by atoms with Crippen LogP contribution in [0.3, 0.4) is 0 Å². The second-order valence-corrected chi connectivity index (χ2v) is 7.03. The maximum absolute atomic E-state index is 13.8. The van der Waals surface area contributed by atoms with Gasteiger partial charge in [0, 0.05) is 18.0 Å². The summed E-state index contributed by atoms with van der Waals surface area (Å²) in [5, 5.41) is 20.7. The van der Waals surface area contributed by atoms with E-state index in [1.54, 1.807) is 24.3 Å². The van der Waals surface area contributed by atoms with Crippen molar-refractivity contribution < 1.29 is 17.9 Å². The molecule has 166 valence electrons. The molecule has 9 heteroatoms. The summed E-state index contributed by atoms with van der Waals surface area (Å²) < 4.78 is 47.0. The third-order valence-electron chi connectivity index (χ3n) is 4.74.